The zero-order valence-electron chi connectivity index (χ0n) is 17.6. The minimum absolute atomic E-state index is 0.0247. The fourth-order valence-electron chi connectivity index (χ4n) is 3.99. The number of Topliss-reactive ketones (excluding diaryl/α,β-unsaturated/α-hetero) is 1. The van der Waals surface area contributed by atoms with E-state index in [1.54, 1.807) is 4.90 Å². The van der Waals surface area contributed by atoms with Crippen molar-refractivity contribution in [1.29, 1.82) is 0 Å². The van der Waals surface area contributed by atoms with Crippen molar-refractivity contribution in [2.24, 2.45) is 0 Å². The SMILES string of the molecule is C[C@@H]1CN(Cc2ccccc2)[C@@H](C)CN1C(=O)c1cn2c(C(=O)C(=O)O)ncc2nc1Cl. The Balaban J connectivity index is 1.59. The fraction of sp³-hybridized carbons (Fsp3) is 0.318. The summed E-state index contributed by atoms with van der Waals surface area (Å²) in [5.74, 6) is -3.49. The average molecular weight is 456 g/mol. The van der Waals surface area contributed by atoms with Crippen LogP contribution in [-0.2, 0) is 11.3 Å². The first kappa shape index (κ1) is 21.9. The third-order valence-electron chi connectivity index (χ3n) is 5.70. The number of rotatable bonds is 5. The topological polar surface area (TPSA) is 108 Å². The number of carbonyl (C=O) groups is 3. The van der Waals surface area contributed by atoms with Gasteiger partial charge in [-0.1, -0.05) is 41.9 Å². The van der Waals surface area contributed by atoms with Gasteiger partial charge in [0.2, 0.25) is 0 Å². The van der Waals surface area contributed by atoms with E-state index >= 15 is 0 Å². The lowest BCUT2D eigenvalue weighted by Gasteiger charge is -2.44. The van der Waals surface area contributed by atoms with E-state index < -0.39 is 11.8 Å². The Morgan fingerprint density at radius 3 is 2.53 bits per heavy atom. The molecule has 2 aromatic heterocycles. The molecule has 0 saturated carbocycles. The Morgan fingerprint density at radius 1 is 1.12 bits per heavy atom. The van der Waals surface area contributed by atoms with E-state index in [2.05, 4.69) is 33.9 Å². The number of carboxylic acids is 1. The largest absolute Gasteiger partial charge is 0.475 e. The van der Waals surface area contributed by atoms with E-state index in [4.69, 9.17) is 16.7 Å². The molecule has 3 heterocycles. The number of aromatic nitrogens is 3. The number of ketones is 1. The smallest absolute Gasteiger partial charge is 0.380 e. The maximum absolute atomic E-state index is 13.4. The Labute approximate surface area is 189 Å². The van der Waals surface area contributed by atoms with Gasteiger partial charge < -0.3 is 10.0 Å². The average Bonchev–Trinajstić information content (AvgIpc) is 3.17. The summed E-state index contributed by atoms with van der Waals surface area (Å²) in [6.45, 7) is 6.00. The lowest BCUT2D eigenvalue weighted by Crippen LogP contribution is -2.57. The summed E-state index contributed by atoms with van der Waals surface area (Å²) in [5, 5.41) is 8.99. The van der Waals surface area contributed by atoms with Crippen molar-refractivity contribution in [1.82, 2.24) is 24.2 Å². The molecule has 32 heavy (non-hydrogen) atoms. The van der Waals surface area contributed by atoms with E-state index in [0.717, 1.165) is 6.54 Å². The number of imidazole rings is 1. The normalized spacial score (nSPS) is 19.3. The van der Waals surface area contributed by atoms with Crippen LogP contribution in [0, 0.1) is 0 Å². The van der Waals surface area contributed by atoms with Crippen molar-refractivity contribution >= 4 is 34.9 Å². The van der Waals surface area contributed by atoms with Crippen molar-refractivity contribution in [3.8, 4) is 0 Å². The van der Waals surface area contributed by atoms with Crippen LogP contribution in [0.4, 0.5) is 0 Å². The highest BCUT2D eigenvalue weighted by molar-refractivity contribution is 6.39. The molecule has 0 aliphatic carbocycles. The maximum Gasteiger partial charge on any atom is 0.380 e. The van der Waals surface area contributed by atoms with Gasteiger partial charge in [0.05, 0.1) is 11.8 Å². The van der Waals surface area contributed by atoms with Crippen LogP contribution in [0.2, 0.25) is 5.15 Å². The van der Waals surface area contributed by atoms with Gasteiger partial charge in [0, 0.05) is 37.9 Å². The van der Waals surface area contributed by atoms with E-state index in [9.17, 15) is 14.4 Å². The Morgan fingerprint density at radius 2 is 1.84 bits per heavy atom. The molecule has 2 atom stereocenters. The van der Waals surface area contributed by atoms with E-state index in [-0.39, 0.29) is 40.2 Å². The molecule has 3 aromatic rings. The molecule has 1 amide bonds. The quantitative estimate of drug-likeness (QED) is 0.357. The number of halogens is 1. The first-order chi connectivity index (χ1) is 15.3. The molecule has 1 N–H and O–H groups in total. The first-order valence-corrected chi connectivity index (χ1v) is 10.5. The van der Waals surface area contributed by atoms with Crippen LogP contribution in [-0.4, -0.2) is 72.1 Å². The molecule has 0 bridgehead atoms. The maximum atomic E-state index is 13.4. The summed E-state index contributed by atoms with van der Waals surface area (Å²) in [6.07, 6.45) is 2.58. The number of nitrogens with zero attached hydrogens (tertiary/aromatic N) is 5. The molecule has 9 nitrogen and oxygen atoms in total. The van der Waals surface area contributed by atoms with Gasteiger partial charge in [0.15, 0.2) is 11.5 Å². The molecule has 0 unspecified atom stereocenters. The number of piperazine rings is 1. The molecule has 166 valence electrons. The lowest BCUT2D eigenvalue weighted by atomic mass is 10.1. The Bertz CT molecular complexity index is 1200. The van der Waals surface area contributed by atoms with Gasteiger partial charge in [0.1, 0.15) is 5.15 Å². The highest BCUT2D eigenvalue weighted by Gasteiger charge is 2.34. The minimum atomic E-state index is -1.64. The third kappa shape index (κ3) is 4.09. The summed E-state index contributed by atoms with van der Waals surface area (Å²) < 4.78 is 1.19. The van der Waals surface area contributed by atoms with Crippen molar-refractivity contribution in [3.05, 3.63) is 64.8 Å². The second-order valence-electron chi connectivity index (χ2n) is 7.96. The van der Waals surface area contributed by atoms with Crippen LogP contribution >= 0.6 is 11.6 Å². The monoisotopic (exact) mass is 455 g/mol. The summed E-state index contributed by atoms with van der Waals surface area (Å²) in [5.41, 5.74) is 1.48. The molecule has 1 aliphatic heterocycles. The number of carboxylic acid groups (broad SMARTS) is 1. The van der Waals surface area contributed by atoms with Crippen molar-refractivity contribution in [3.63, 3.8) is 0 Å². The van der Waals surface area contributed by atoms with Crippen molar-refractivity contribution < 1.29 is 19.5 Å². The van der Waals surface area contributed by atoms with Crippen LogP contribution < -0.4 is 0 Å². The van der Waals surface area contributed by atoms with Crippen LogP contribution in [0.3, 0.4) is 0 Å². The molecule has 1 fully saturated rings. The summed E-state index contributed by atoms with van der Waals surface area (Å²) >= 11 is 6.28. The van der Waals surface area contributed by atoms with Gasteiger partial charge in [-0.05, 0) is 19.4 Å². The highest BCUT2D eigenvalue weighted by Crippen LogP contribution is 2.24. The number of aliphatic carboxylic acids is 1. The first-order valence-electron chi connectivity index (χ1n) is 10.2. The van der Waals surface area contributed by atoms with Crippen LogP contribution in [0.15, 0.2) is 42.7 Å². The van der Waals surface area contributed by atoms with Gasteiger partial charge in [-0.25, -0.2) is 14.8 Å². The molecule has 4 rings (SSSR count). The third-order valence-corrected chi connectivity index (χ3v) is 5.99. The van der Waals surface area contributed by atoms with Crippen LogP contribution in [0.5, 0.6) is 0 Å². The van der Waals surface area contributed by atoms with Crippen molar-refractivity contribution in [2.75, 3.05) is 13.1 Å². The highest BCUT2D eigenvalue weighted by atomic mass is 35.5. The number of carbonyl (C=O) groups excluding carboxylic acids is 2. The van der Waals surface area contributed by atoms with Crippen LogP contribution in [0.25, 0.3) is 5.65 Å². The molecule has 1 aromatic carbocycles. The summed E-state index contributed by atoms with van der Waals surface area (Å²) in [7, 11) is 0. The summed E-state index contributed by atoms with van der Waals surface area (Å²) in [6, 6.07) is 10.2. The predicted molar refractivity (Wildman–Crippen MR) is 117 cm³/mol. The Hall–Kier alpha value is -3.30. The molecule has 0 spiro atoms. The number of fused-ring (bicyclic) bond motifs is 1. The van der Waals surface area contributed by atoms with Gasteiger partial charge in [0.25, 0.3) is 5.91 Å². The van der Waals surface area contributed by atoms with E-state index in [1.807, 2.05) is 25.1 Å². The fourth-order valence-corrected chi connectivity index (χ4v) is 4.20. The van der Waals surface area contributed by atoms with Gasteiger partial charge in [-0.3, -0.25) is 18.9 Å². The second kappa shape index (κ2) is 8.68. The zero-order chi connectivity index (χ0) is 23.0. The predicted octanol–water partition coefficient (Wildman–Crippen LogP) is 2.38. The van der Waals surface area contributed by atoms with Crippen LogP contribution in [0.1, 0.15) is 40.4 Å². The molecular weight excluding hydrogens is 434 g/mol. The van der Waals surface area contributed by atoms with Gasteiger partial charge in [-0.15, -0.1) is 0 Å². The van der Waals surface area contributed by atoms with E-state index in [1.165, 1.54) is 22.4 Å². The number of amides is 1. The second-order valence-corrected chi connectivity index (χ2v) is 8.32. The number of benzene rings is 1. The molecular formula is C22H22ClN5O4. The number of hydrogen-bond donors (Lipinski definition) is 1. The standard InChI is InChI=1S/C22H22ClN5O4/c1-13-10-27(14(2)9-26(13)11-15-6-4-3-5-7-15)21(30)16-12-28-17(25-19(16)23)8-24-20(28)18(29)22(31)32/h3-8,12-14H,9-11H2,1-2H3,(H,31,32)/t13-,14+/m0/s1. The molecule has 1 aliphatic rings. The minimum Gasteiger partial charge on any atom is -0.475 e. The lowest BCUT2D eigenvalue weighted by molar-refractivity contribution is -0.131. The van der Waals surface area contributed by atoms with Gasteiger partial charge in [-0.2, -0.15) is 0 Å². The molecule has 1 saturated heterocycles. The Kier molecular flexibility index (Phi) is 5.94. The molecule has 10 heteroatoms. The van der Waals surface area contributed by atoms with E-state index in [0.29, 0.717) is 13.1 Å². The summed E-state index contributed by atoms with van der Waals surface area (Å²) in [4.78, 5) is 48.4. The van der Waals surface area contributed by atoms with Crippen molar-refractivity contribution in [2.45, 2.75) is 32.5 Å². The molecule has 0 radical (unpaired) electrons. The zero-order valence-corrected chi connectivity index (χ0v) is 18.4. The van der Waals surface area contributed by atoms with Gasteiger partial charge >= 0.3 is 11.8 Å². The number of hydrogen-bond acceptors (Lipinski definition) is 6.